The average Bonchev–Trinajstić information content (AvgIpc) is 3.08. The molecule has 1 unspecified atom stereocenters. The first kappa shape index (κ1) is 13.5. The van der Waals surface area contributed by atoms with Crippen LogP contribution in [0.5, 0.6) is 0 Å². The van der Waals surface area contributed by atoms with E-state index in [1.54, 1.807) is 0 Å². The topological polar surface area (TPSA) is 63.0 Å². The Hall–Kier alpha value is -0.940. The number of aliphatic hydroxyl groups is 1. The van der Waals surface area contributed by atoms with Crippen molar-refractivity contribution in [3.05, 3.63) is 11.6 Å². The van der Waals surface area contributed by atoms with Gasteiger partial charge in [0, 0.05) is 18.9 Å². The van der Waals surface area contributed by atoms with E-state index < -0.39 is 0 Å². The number of nitrogens with one attached hydrogen (secondary N) is 1. The summed E-state index contributed by atoms with van der Waals surface area (Å²) in [6.07, 6.45) is 4.16. The molecule has 1 fully saturated rings. The number of hydrogen-bond acceptors (Lipinski definition) is 4. The predicted octanol–water partition coefficient (Wildman–Crippen LogP) is 0.906. The first-order valence-electron chi connectivity index (χ1n) is 6.91. The Kier molecular flexibility index (Phi) is 4.02. The zero-order valence-corrected chi connectivity index (χ0v) is 11.6. The summed E-state index contributed by atoms with van der Waals surface area (Å²) >= 11 is 0. The molecule has 1 aliphatic carbocycles. The van der Waals surface area contributed by atoms with Crippen LogP contribution in [0.15, 0.2) is 0 Å². The molecule has 0 spiro atoms. The number of nitrogens with zero attached hydrogens (tertiary/aromatic N) is 3. The van der Waals surface area contributed by atoms with Crippen LogP contribution in [0.2, 0.25) is 0 Å². The van der Waals surface area contributed by atoms with Gasteiger partial charge in [-0.25, -0.2) is 9.67 Å². The standard InChI is InChI=1S/C13H24N4O/c1-4-11-14-12(5-2)17(16-11)8-13(3,9-18)15-10-6-7-10/h10,15,18H,4-9H2,1-3H3. The Balaban J connectivity index is 2.11. The second-order valence-electron chi connectivity index (χ2n) is 5.45. The molecule has 0 amide bonds. The minimum absolute atomic E-state index is 0.119. The molecule has 102 valence electrons. The lowest BCUT2D eigenvalue weighted by Crippen LogP contribution is -2.50. The maximum absolute atomic E-state index is 9.63. The van der Waals surface area contributed by atoms with E-state index in [-0.39, 0.29) is 12.1 Å². The van der Waals surface area contributed by atoms with Gasteiger partial charge in [-0.05, 0) is 19.8 Å². The fourth-order valence-corrected chi connectivity index (χ4v) is 2.16. The molecular formula is C13H24N4O. The van der Waals surface area contributed by atoms with Crippen molar-refractivity contribution in [3.63, 3.8) is 0 Å². The summed E-state index contributed by atoms with van der Waals surface area (Å²) in [6, 6.07) is 0.571. The average molecular weight is 252 g/mol. The number of hydrogen-bond donors (Lipinski definition) is 2. The fourth-order valence-electron chi connectivity index (χ4n) is 2.16. The molecule has 1 saturated carbocycles. The maximum atomic E-state index is 9.63. The second kappa shape index (κ2) is 5.36. The van der Waals surface area contributed by atoms with Crippen LogP contribution >= 0.6 is 0 Å². The third-order valence-corrected chi connectivity index (χ3v) is 3.40. The van der Waals surface area contributed by atoms with Crippen LogP contribution in [0.1, 0.15) is 45.3 Å². The van der Waals surface area contributed by atoms with Gasteiger partial charge in [-0.1, -0.05) is 13.8 Å². The van der Waals surface area contributed by atoms with Crippen molar-refractivity contribution in [1.29, 1.82) is 0 Å². The molecule has 0 radical (unpaired) electrons. The van der Waals surface area contributed by atoms with Crippen LogP contribution in [0, 0.1) is 0 Å². The lowest BCUT2D eigenvalue weighted by atomic mass is 10.0. The Morgan fingerprint density at radius 3 is 2.61 bits per heavy atom. The van der Waals surface area contributed by atoms with Crippen LogP contribution in [0.3, 0.4) is 0 Å². The smallest absolute Gasteiger partial charge is 0.150 e. The highest BCUT2D eigenvalue weighted by Gasteiger charge is 2.33. The maximum Gasteiger partial charge on any atom is 0.150 e. The first-order valence-corrected chi connectivity index (χ1v) is 6.91. The zero-order chi connectivity index (χ0) is 13.2. The summed E-state index contributed by atoms with van der Waals surface area (Å²) in [5, 5.41) is 17.6. The molecule has 5 heteroatoms. The van der Waals surface area contributed by atoms with E-state index in [9.17, 15) is 5.11 Å². The molecule has 5 nitrogen and oxygen atoms in total. The normalized spacial score (nSPS) is 18.9. The van der Waals surface area contributed by atoms with Gasteiger partial charge in [-0.2, -0.15) is 5.10 Å². The molecule has 1 atom stereocenters. The molecule has 1 aromatic rings. The van der Waals surface area contributed by atoms with E-state index in [1.807, 2.05) is 4.68 Å². The van der Waals surface area contributed by atoms with Gasteiger partial charge < -0.3 is 10.4 Å². The molecule has 1 aliphatic rings. The highest BCUT2D eigenvalue weighted by Crippen LogP contribution is 2.23. The molecule has 2 N–H and O–H groups in total. The van der Waals surface area contributed by atoms with E-state index >= 15 is 0 Å². The van der Waals surface area contributed by atoms with E-state index in [1.165, 1.54) is 12.8 Å². The molecule has 0 aromatic carbocycles. The third-order valence-electron chi connectivity index (χ3n) is 3.40. The monoisotopic (exact) mass is 252 g/mol. The molecule has 18 heavy (non-hydrogen) atoms. The predicted molar refractivity (Wildman–Crippen MR) is 70.4 cm³/mol. The zero-order valence-electron chi connectivity index (χ0n) is 11.6. The Bertz CT molecular complexity index is 400. The lowest BCUT2D eigenvalue weighted by Gasteiger charge is -2.29. The van der Waals surface area contributed by atoms with Crippen molar-refractivity contribution in [2.24, 2.45) is 0 Å². The van der Waals surface area contributed by atoms with E-state index in [4.69, 9.17) is 0 Å². The van der Waals surface area contributed by atoms with Gasteiger partial charge in [0.15, 0.2) is 5.82 Å². The fraction of sp³-hybridized carbons (Fsp3) is 0.846. The van der Waals surface area contributed by atoms with Crippen molar-refractivity contribution >= 4 is 0 Å². The van der Waals surface area contributed by atoms with Crippen molar-refractivity contribution in [2.75, 3.05) is 6.61 Å². The van der Waals surface area contributed by atoms with Gasteiger partial charge in [0.25, 0.3) is 0 Å². The van der Waals surface area contributed by atoms with Crippen LogP contribution in [0.4, 0.5) is 0 Å². The van der Waals surface area contributed by atoms with E-state index in [0.29, 0.717) is 12.6 Å². The molecule has 1 aromatic heterocycles. The van der Waals surface area contributed by atoms with Crippen LogP contribution in [0.25, 0.3) is 0 Å². The van der Waals surface area contributed by atoms with Crippen molar-refractivity contribution in [2.45, 2.75) is 64.6 Å². The Labute approximate surface area is 109 Å². The first-order chi connectivity index (χ1) is 8.60. The SMILES string of the molecule is CCc1nc(CC)n(CC(C)(CO)NC2CC2)n1. The largest absolute Gasteiger partial charge is 0.394 e. The lowest BCUT2D eigenvalue weighted by molar-refractivity contribution is 0.150. The summed E-state index contributed by atoms with van der Waals surface area (Å²) in [4.78, 5) is 4.50. The van der Waals surface area contributed by atoms with E-state index in [0.717, 1.165) is 24.5 Å². The molecule has 2 rings (SSSR count). The molecule has 0 saturated heterocycles. The second-order valence-corrected chi connectivity index (χ2v) is 5.45. The van der Waals surface area contributed by atoms with Gasteiger partial charge in [-0.15, -0.1) is 0 Å². The summed E-state index contributed by atoms with van der Waals surface area (Å²) in [7, 11) is 0. The quantitative estimate of drug-likeness (QED) is 0.757. The minimum atomic E-state index is -0.302. The highest BCUT2D eigenvalue weighted by molar-refractivity contribution is 4.97. The molecule has 0 bridgehead atoms. The van der Waals surface area contributed by atoms with Gasteiger partial charge >= 0.3 is 0 Å². The molecule has 1 heterocycles. The summed E-state index contributed by atoms with van der Waals surface area (Å²) < 4.78 is 1.95. The molecule has 0 aliphatic heterocycles. The number of aromatic nitrogens is 3. The number of rotatable bonds is 7. The van der Waals surface area contributed by atoms with Gasteiger partial charge in [0.05, 0.1) is 18.7 Å². The van der Waals surface area contributed by atoms with Crippen LogP contribution < -0.4 is 5.32 Å². The summed E-state index contributed by atoms with van der Waals surface area (Å²) in [5.41, 5.74) is -0.302. The highest BCUT2D eigenvalue weighted by atomic mass is 16.3. The van der Waals surface area contributed by atoms with Crippen LogP contribution in [-0.2, 0) is 19.4 Å². The van der Waals surface area contributed by atoms with Gasteiger partial charge in [0.1, 0.15) is 5.82 Å². The molecular weight excluding hydrogens is 228 g/mol. The van der Waals surface area contributed by atoms with Gasteiger partial charge in [-0.3, -0.25) is 0 Å². The van der Waals surface area contributed by atoms with Crippen LogP contribution in [-0.4, -0.2) is 38.1 Å². The summed E-state index contributed by atoms with van der Waals surface area (Å²) in [5.74, 6) is 1.89. The Morgan fingerprint density at radius 2 is 2.11 bits per heavy atom. The number of aliphatic hydroxyl groups excluding tert-OH is 1. The third kappa shape index (κ3) is 3.09. The van der Waals surface area contributed by atoms with Crippen molar-refractivity contribution in [3.8, 4) is 0 Å². The number of aryl methyl sites for hydroxylation is 2. The van der Waals surface area contributed by atoms with Crippen molar-refractivity contribution < 1.29 is 5.11 Å². The van der Waals surface area contributed by atoms with E-state index in [2.05, 4.69) is 36.2 Å². The minimum Gasteiger partial charge on any atom is -0.394 e. The van der Waals surface area contributed by atoms with Crippen molar-refractivity contribution in [1.82, 2.24) is 20.1 Å². The Morgan fingerprint density at radius 1 is 1.39 bits per heavy atom. The summed E-state index contributed by atoms with van der Waals surface area (Å²) in [6.45, 7) is 7.00. The van der Waals surface area contributed by atoms with Gasteiger partial charge in [0.2, 0.25) is 0 Å².